The molecule has 168 valence electrons. The molecule has 0 aliphatic carbocycles. The van der Waals surface area contributed by atoms with Gasteiger partial charge in [0.2, 0.25) is 11.9 Å². The number of anilines is 2. The molecule has 0 aliphatic heterocycles. The number of hydrogen-bond acceptors (Lipinski definition) is 6. The van der Waals surface area contributed by atoms with Gasteiger partial charge in [0.15, 0.2) is 0 Å². The number of nitrogens with zero attached hydrogens (tertiary/aromatic N) is 4. The summed E-state index contributed by atoms with van der Waals surface area (Å²) in [6.07, 6.45) is 5.09. The molecule has 0 saturated carbocycles. The van der Waals surface area contributed by atoms with Gasteiger partial charge in [-0.3, -0.25) is 9.36 Å². The van der Waals surface area contributed by atoms with Crippen LogP contribution in [-0.4, -0.2) is 32.0 Å². The third-order valence-electron chi connectivity index (χ3n) is 4.63. The van der Waals surface area contributed by atoms with Crippen LogP contribution in [0, 0.1) is 0 Å². The van der Waals surface area contributed by atoms with Gasteiger partial charge in [-0.2, -0.15) is 9.97 Å². The van der Waals surface area contributed by atoms with E-state index in [2.05, 4.69) is 30.9 Å². The zero-order valence-corrected chi connectivity index (χ0v) is 19.0. The number of imidazole rings is 1. The van der Waals surface area contributed by atoms with Crippen LogP contribution < -0.4 is 16.0 Å². The fourth-order valence-corrected chi connectivity index (χ4v) is 3.47. The minimum Gasteiger partial charge on any atom is -0.361 e. The zero-order chi connectivity index (χ0) is 23.0. The Morgan fingerprint density at radius 1 is 0.909 bits per heavy atom. The second-order valence-electron chi connectivity index (χ2n) is 7.15. The Morgan fingerprint density at radius 2 is 1.64 bits per heavy atom. The van der Waals surface area contributed by atoms with Crippen molar-refractivity contribution in [1.82, 2.24) is 24.8 Å². The monoisotopic (exact) mass is 481 g/mol. The SMILES string of the molecule is O=C(CNc1cc(-n2ccnc2)nc(NCc2cccc(Cl)c2)n1)NCc1cccc(Cl)c1. The van der Waals surface area contributed by atoms with E-state index in [0.29, 0.717) is 40.7 Å². The van der Waals surface area contributed by atoms with E-state index in [1.54, 1.807) is 35.4 Å². The number of carbonyl (C=O) groups excluding carboxylic acids is 1. The van der Waals surface area contributed by atoms with Gasteiger partial charge in [0.05, 0.1) is 6.54 Å². The lowest BCUT2D eigenvalue weighted by Gasteiger charge is -2.12. The summed E-state index contributed by atoms with van der Waals surface area (Å²) >= 11 is 12.1. The van der Waals surface area contributed by atoms with Crippen molar-refractivity contribution < 1.29 is 4.79 Å². The molecule has 0 saturated heterocycles. The number of carbonyl (C=O) groups is 1. The summed E-state index contributed by atoms with van der Waals surface area (Å²) in [7, 11) is 0. The molecule has 0 unspecified atom stereocenters. The summed E-state index contributed by atoms with van der Waals surface area (Å²) in [4.78, 5) is 25.4. The predicted molar refractivity (Wildman–Crippen MR) is 130 cm³/mol. The van der Waals surface area contributed by atoms with Gasteiger partial charge in [-0.05, 0) is 35.4 Å². The average molecular weight is 482 g/mol. The van der Waals surface area contributed by atoms with Crippen LogP contribution >= 0.6 is 23.2 Å². The largest absolute Gasteiger partial charge is 0.361 e. The number of nitrogens with one attached hydrogen (secondary N) is 3. The molecule has 10 heteroatoms. The number of hydrogen-bond donors (Lipinski definition) is 3. The van der Waals surface area contributed by atoms with E-state index in [1.165, 1.54) is 0 Å². The van der Waals surface area contributed by atoms with Gasteiger partial charge in [0.25, 0.3) is 0 Å². The fourth-order valence-electron chi connectivity index (χ4n) is 3.04. The van der Waals surface area contributed by atoms with Gasteiger partial charge < -0.3 is 16.0 Å². The molecule has 0 spiro atoms. The Bertz CT molecular complexity index is 1230. The average Bonchev–Trinajstić information content (AvgIpc) is 3.35. The van der Waals surface area contributed by atoms with Gasteiger partial charge in [-0.25, -0.2) is 4.98 Å². The Hall–Kier alpha value is -3.62. The third-order valence-corrected chi connectivity index (χ3v) is 5.10. The molecule has 0 radical (unpaired) electrons. The normalized spacial score (nSPS) is 10.6. The van der Waals surface area contributed by atoms with E-state index in [1.807, 2.05) is 42.5 Å². The first kappa shape index (κ1) is 22.6. The molecular formula is C23H21Cl2N7O. The van der Waals surface area contributed by atoms with E-state index >= 15 is 0 Å². The van der Waals surface area contributed by atoms with Crippen molar-refractivity contribution in [2.45, 2.75) is 13.1 Å². The number of halogens is 2. The van der Waals surface area contributed by atoms with Crippen LogP contribution in [0.25, 0.3) is 5.82 Å². The molecule has 2 aromatic heterocycles. The lowest BCUT2D eigenvalue weighted by Crippen LogP contribution is -2.29. The van der Waals surface area contributed by atoms with Crippen molar-refractivity contribution in [3.8, 4) is 5.82 Å². The summed E-state index contributed by atoms with van der Waals surface area (Å²) < 4.78 is 1.76. The highest BCUT2D eigenvalue weighted by molar-refractivity contribution is 6.30. The standard InChI is InChI=1S/C23H21Cl2N7O/c24-18-5-1-3-16(9-18)12-28-22(33)14-27-20-11-21(32-8-7-26-15-32)31-23(30-20)29-13-17-4-2-6-19(25)10-17/h1-11,15H,12-14H2,(H,28,33)(H2,27,29,30,31). The second kappa shape index (κ2) is 10.8. The van der Waals surface area contributed by atoms with Crippen LogP contribution in [0.5, 0.6) is 0 Å². The molecule has 0 aliphatic rings. The molecule has 0 atom stereocenters. The van der Waals surface area contributed by atoms with Crippen molar-refractivity contribution in [1.29, 1.82) is 0 Å². The maximum absolute atomic E-state index is 12.3. The molecule has 0 fully saturated rings. The number of benzene rings is 2. The van der Waals surface area contributed by atoms with E-state index in [9.17, 15) is 4.79 Å². The lowest BCUT2D eigenvalue weighted by atomic mass is 10.2. The molecule has 1 amide bonds. The van der Waals surface area contributed by atoms with Crippen LogP contribution in [0.2, 0.25) is 10.0 Å². The zero-order valence-electron chi connectivity index (χ0n) is 17.5. The van der Waals surface area contributed by atoms with Gasteiger partial charge in [-0.15, -0.1) is 0 Å². The number of aromatic nitrogens is 4. The van der Waals surface area contributed by atoms with Crippen molar-refractivity contribution in [3.05, 3.63) is 94.5 Å². The first-order chi connectivity index (χ1) is 16.0. The first-order valence-electron chi connectivity index (χ1n) is 10.2. The Balaban J connectivity index is 1.42. The summed E-state index contributed by atoms with van der Waals surface area (Å²) in [6.45, 7) is 0.930. The first-order valence-corrected chi connectivity index (χ1v) is 10.9. The maximum Gasteiger partial charge on any atom is 0.239 e. The van der Waals surface area contributed by atoms with Crippen LogP contribution in [0.15, 0.2) is 73.3 Å². The molecule has 8 nitrogen and oxygen atoms in total. The summed E-state index contributed by atoms with van der Waals surface area (Å²) in [6, 6.07) is 16.6. The smallest absolute Gasteiger partial charge is 0.239 e. The van der Waals surface area contributed by atoms with Crippen LogP contribution in [0.3, 0.4) is 0 Å². The van der Waals surface area contributed by atoms with Crippen molar-refractivity contribution >= 4 is 40.9 Å². The highest BCUT2D eigenvalue weighted by atomic mass is 35.5. The van der Waals surface area contributed by atoms with E-state index < -0.39 is 0 Å². The summed E-state index contributed by atoms with van der Waals surface area (Å²) in [5.74, 6) is 1.34. The van der Waals surface area contributed by atoms with Gasteiger partial charge in [0, 0.05) is 41.6 Å². The molecule has 33 heavy (non-hydrogen) atoms. The molecule has 2 heterocycles. The van der Waals surface area contributed by atoms with Crippen molar-refractivity contribution in [2.75, 3.05) is 17.2 Å². The molecule has 4 rings (SSSR count). The quantitative estimate of drug-likeness (QED) is 0.329. The highest BCUT2D eigenvalue weighted by Gasteiger charge is 2.09. The molecule has 4 aromatic rings. The number of amides is 1. The molecule has 2 aromatic carbocycles. The second-order valence-corrected chi connectivity index (χ2v) is 8.02. The van der Waals surface area contributed by atoms with E-state index in [0.717, 1.165) is 11.1 Å². The van der Waals surface area contributed by atoms with Crippen molar-refractivity contribution in [2.24, 2.45) is 0 Å². The van der Waals surface area contributed by atoms with E-state index in [-0.39, 0.29) is 12.5 Å². The van der Waals surface area contributed by atoms with Crippen LogP contribution in [0.1, 0.15) is 11.1 Å². The Morgan fingerprint density at radius 3 is 2.30 bits per heavy atom. The fraction of sp³-hybridized carbons (Fsp3) is 0.130. The van der Waals surface area contributed by atoms with Crippen LogP contribution in [-0.2, 0) is 17.9 Å². The summed E-state index contributed by atoms with van der Waals surface area (Å²) in [5, 5.41) is 10.4. The molecular weight excluding hydrogens is 461 g/mol. The minimum absolute atomic E-state index is 0.0503. The Kier molecular flexibility index (Phi) is 7.39. The van der Waals surface area contributed by atoms with Gasteiger partial charge in [0.1, 0.15) is 18.0 Å². The minimum atomic E-state index is -0.175. The Labute approximate surface area is 201 Å². The molecule has 3 N–H and O–H groups in total. The van der Waals surface area contributed by atoms with E-state index in [4.69, 9.17) is 23.2 Å². The third kappa shape index (κ3) is 6.68. The maximum atomic E-state index is 12.3. The van der Waals surface area contributed by atoms with Crippen molar-refractivity contribution in [3.63, 3.8) is 0 Å². The number of rotatable bonds is 9. The van der Waals surface area contributed by atoms with Gasteiger partial charge in [-0.1, -0.05) is 47.5 Å². The topological polar surface area (TPSA) is 96.8 Å². The highest BCUT2D eigenvalue weighted by Crippen LogP contribution is 2.16. The summed E-state index contributed by atoms with van der Waals surface area (Å²) in [5.41, 5.74) is 1.92. The lowest BCUT2D eigenvalue weighted by molar-refractivity contribution is -0.119. The van der Waals surface area contributed by atoms with Gasteiger partial charge >= 0.3 is 0 Å². The molecule has 0 bridgehead atoms. The van der Waals surface area contributed by atoms with Crippen LogP contribution in [0.4, 0.5) is 11.8 Å². The predicted octanol–water partition coefficient (Wildman–Crippen LogP) is 4.31.